The molecule has 0 bridgehead atoms. The summed E-state index contributed by atoms with van der Waals surface area (Å²) in [5.41, 5.74) is 2.29. The van der Waals surface area contributed by atoms with Crippen LogP contribution in [0.5, 0.6) is 5.75 Å². The van der Waals surface area contributed by atoms with E-state index in [1.807, 2.05) is 25.1 Å². The van der Waals surface area contributed by atoms with Crippen molar-refractivity contribution in [1.29, 1.82) is 0 Å². The number of aliphatic carboxylic acids is 1. The first kappa shape index (κ1) is 12.0. The number of carboxylic acids is 1. The number of methoxy groups -OCH3 is 1. The van der Waals surface area contributed by atoms with Crippen molar-refractivity contribution in [2.24, 2.45) is 5.92 Å². The predicted octanol–water partition coefficient (Wildman–Crippen LogP) is 2.97. The molecule has 1 aromatic rings. The highest BCUT2D eigenvalue weighted by atomic mass is 16.5. The first-order valence-corrected chi connectivity index (χ1v) is 6.01. The Bertz CT molecular complexity index is 425. The number of ether oxygens (including phenoxy) is 1. The third kappa shape index (κ3) is 2.28. The van der Waals surface area contributed by atoms with Crippen LogP contribution in [0, 0.1) is 12.8 Å². The monoisotopic (exact) mass is 234 g/mol. The standard InChI is InChI=1S/C14H18O3/c1-9-8-10(17-2)6-7-11(9)12-4-3-5-13(12)14(15)16/h6-8,12-13H,3-5H2,1-2H3,(H,15,16). The molecule has 1 aliphatic rings. The number of benzene rings is 1. The second kappa shape index (κ2) is 4.78. The maximum absolute atomic E-state index is 11.2. The van der Waals surface area contributed by atoms with Crippen molar-refractivity contribution < 1.29 is 14.6 Å². The molecule has 1 aliphatic carbocycles. The maximum atomic E-state index is 11.2. The summed E-state index contributed by atoms with van der Waals surface area (Å²) < 4.78 is 5.17. The summed E-state index contributed by atoms with van der Waals surface area (Å²) >= 11 is 0. The summed E-state index contributed by atoms with van der Waals surface area (Å²) in [4.78, 5) is 11.2. The van der Waals surface area contributed by atoms with Gasteiger partial charge in [0.2, 0.25) is 0 Å². The molecule has 0 spiro atoms. The zero-order chi connectivity index (χ0) is 12.4. The molecule has 0 saturated heterocycles. The summed E-state index contributed by atoms with van der Waals surface area (Å²) in [5.74, 6) is 0.111. The van der Waals surface area contributed by atoms with Gasteiger partial charge in [0.1, 0.15) is 5.75 Å². The molecular formula is C14H18O3. The molecule has 0 amide bonds. The van der Waals surface area contributed by atoms with Crippen molar-refractivity contribution in [2.75, 3.05) is 7.11 Å². The lowest BCUT2D eigenvalue weighted by atomic mass is 9.86. The van der Waals surface area contributed by atoms with E-state index in [4.69, 9.17) is 4.74 Å². The van der Waals surface area contributed by atoms with Crippen LogP contribution in [0.25, 0.3) is 0 Å². The fourth-order valence-electron chi connectivity index (χ4n) is 2.82. The summed E-state index contributed by atoms with van der Waals surface area (Å²) in [6.45, 7) is 2.02. The molecule has 1 N–H and O–H groups in total. The van der Waals surface area contributed by atoms with Crippen LogP contribution >= 0.6 is 0 Å². The van der Waals surface area contributed by atoms with Crippen LogP contribution in [0.3, 0.4) is 0 Å². The van der Waals surface area contributed by atoms with Gasteiger partial charge >= 0.3 is 5.97 Å². The van der Waals surface area contributed by atoms with Gasteiger partial charge in [-0.2, -0.15) is 0 Å². The van der Waals surface area contributed by atoms with Crippen molar-refractivity contribution in [2.45, 2.75) is 32.1 Å². The molecular weight excluding hydrogens is 216 g/mol. The number of hydrogen-bond donors (Lipinski definition) is 1. The number of rotatable bonds is 3. The number of carbonyl (C=O) groups is 1. The minimum absolute atomic E-state index is 0.165. The lowest BCUT2D eigenvalue weighted by Gasteiger charge is -2.19. The highest BCUT2D eigenvalue weighted by Gasteiger charge is 2.34. The van der Waals surface area contributed by atoms with Crippen LogP contribution in [0.1, 0.15) is 36.3 Å². The molecule has 0 aliphatic heterocycles. The van der Waals surface area contributed by atoms with E-state index < -0.39 is 5.97 Å². The Hall–Kier alpha value is -1.51. The Balaban J connectivity index is 2.30. The first-order valence-electron chi connectivity index (χ1n) is 6.01. The van der Waals surface area contributed by atoms with Gasteiger partial charge in [-0.15, -0.1) is 0 Å². The van der Waals surface area contributed by atoms with Gasteiger partial charge in [-0.1, -0.05) is 12.5 Å². The molecule has 2 atom stereocenters. The fourth-order valence-corrected chi connectivity index (χ4v) is 2.82. The highest BCUT2D eigenvalue weighted by molar-refractivity contribution is 5.72. The molecule has 2 unspecified atom stereocenters. The van der Waals surface area contributed by atoms with E-state index in [1.54, 1.807) is 7.11 Å². The molecule has 0 aromatic heterocycles. The second-order valence-electron chi connectivity index (χ2n) is 4.70. The van der Waals surface area contributed by atoms with Crippen LogP contribution < -0.4 is 4.74 Å². The Morgan fingerprint density at radius 3 is 2.76 bits per heavy atom. The summed E-state index contributed by atoms with van der Waals surface area (Å²) in [5, 5.41) is 9.21. The van der Waals surface area contributed by atoms with E-state index in [0.29, 0.717) is 0 Å². The molecule has 3 nitrogen and oxygen atoms in total. The van der Waals surface area contributed by atoms with Crippen LogP contribution in [-0.4, -0.2) is 18.2 Å². The van der Waals surface area contributed by atoms with Crippen LogP contribution in [0.2, 0.25) is 0 Å². The van der Waals surface area contributed by atoms with Crippen molar-refractivity contribution in [3.8, 4) is 5.75 Å². The first-order chi connectivity index (χ1) is 8.13. The Morgan fingerprint density at radius 1 is 1.41 bits per heavy atom. The van der Waals surface area contributed by atoms with Crippen molar-refractivity contribution >= 4 is 5.97 Å². The van der Waals surface area contributed by atoms with Gasteiger partial charge in [-0.25, -0.2) is 0 Å². The Kier molecular flexibility index (Phi) is 3.36. The number of hydrogen-bond acceptors (Lipinski definition) is 2. The van der Waals surface area contributed by atoms with E-state index in [-0.39, 0.29) is 11.8 Å². The normalized spacial score (nSPS) is 23.6. The predicted molar refractivity (Wildman–Crippen MR) is 65.4 cm³/mol. The van der Waals surface area contributed by atoms with E-state index >= 15 is 0 Å². The summed E-state index contributed by atoms with van der Waals surface area (Å²) in [6, 6.07) is 5.91. The van der Waals surface area contributed by atoms with Gasteiger partial charge in [0, 0.05) is 0 Å². The number of aryl methyl sites for hydroxylation is 1. The van der Waals surface area contributed by atoms with Gasteiger partial charge in [0.25, 0.3) is 0 Å². The van der Waals surface area contributed by atoms with E-state index in [2.05, 4.69) is 0 Å². The number of carboxylic acid groups (broad SMARTS) is 1. The maximum Gasteiger partial charge on any atom is 0.307 e. The zero-order valence-corrected chi connectivity index (χ0v) is 10.3. The van der Waals surface area contributed by atoms with Gasteiger partial charge in [-0.3, -0.25) is 4.79 Å². The van der Waals surface area contributed by atoms with E-state index in [1.165, 1.54) is 0 Å². The van der Waals surface area contributed by atoms with Crippen molar-refractivity contribution in [1.82, 2.24) is 0 Å². The molecule has 1 saturated carbocycles. The molecule has 0 heterocycles. The lowest BCUT2D eigenvalue weighted by Crippen LogP contribution is -2.17. The Morgan fingerprint density at radius 2 is 2.18 bits per heavy atom. The third-order valence-electron chi connectivity index (χ3n) is 3.71. The molecule has 1 aromatic carbocycles. The van der Waals surface area contributed by atoms with Gasteiger partial charge in [-0.05, 0) is 48.9 Å². The molecule has 92 valence electrons. The average Bonchev–Trinajstić information content (AvgIpc) is 2.77. The van der Waals surface area contributed by atoms with Crippen molar-refractivity contribution in [3.63, 3.8) is 0 Å². The third-order valence-corrected chi connectivity index (χ3v) is 3.71. The highest BCUT2D eigenvalue weighted by Crippen LogP contribution is 2.41. The van der Waals surface area contributed by atoms with Gasteiger partial charge in [0.15, 0.2) is 0 Å². The average molecular weight is 234 g/mol. The van der Waals surface area contributed by atoms with E-state index in [0.717, 1.165) is 36.1 Å². The summed E-state index contributed by atoms with van der Waals surface area (Å²) in [6.07, 6.45) is 2.78. The van der Waals surface area contributed by atoms with Gasteiger partial charge < -0.3 is 9.84 Å². The molecule has 0 radical (unpaired) electrons. The van der Waals surface area contributed by atoms with Crippen LogP contribution in [0.15, 0.2) is 18.2 Å². The minimum atomic E-state index is -0.664. The second-order valence-corrected chi connectivity index (χ2v) is 4.70. The SMILES string of the molecule is COc1ccc(C2CCCC2C(=O)O)c(C)c1. The molecule has 3 heteroatoms. The van der Waals surface area contributed by atoms with Crippen molar-refractivity contribution in [3.05, 3.63) is 29.3 Å². The fraction of sp³-hybridized carbons (Fsp3) is 0.500. The quantitative estimate of drug-likeness (QED) is 0.874. The zero-order valence-electron chi connectivity index (χ0n) is 10.3. The molecule has 2 rings (SSSR count). The molecule has 17 heavy (non-hydrogen) atoms. The largest absolute Gasteiger partial charge is 0.497 e. The Labute approximate surface area is 101 Å². The van der Waals surface area contributed by atoms with E-state index in [9.17, 15) is 9.90 Å². The smallest absolute Gasteiger partial charge is 0.307 e. The lowest BCUT2D eigenvalue weighted by molar-refractivity contribution is -0.142. The minimum Gasteiger partial charge on any atom is -0.497 e. The van der Waals surface area contributed by atoms with Gasteiger partial charge in [0.05, 0.1) is 13.0 Å². The topological polar surface area (TPSA) is 46.5 Å². The van der Waals surface area contributed by atoms with Crippen LogP contribution in [0.4, 0.5) is 0 Å². The molecule has 1 fully saturated rings. The van der Waals surface area contributed by atoms with Crippen LogP contribution in [-0.2, 0) is 4.79 Å². The summed E-state index contributed by atoms with van der Waals surface area (Å²) in [7, 11) is 1.64.